The summed E-state index contributed by atoms with van der Waals surface area (Å²) in [5, 5.41) is 19.7. The lowest BCUT2D eigenvalue weighted by molar-refractivity contribution is 0.0698. The maximum absolute atomic E-state index is 11.7. The van der Waals surface area contributed by atoms with Gasteiger partial charge in [-0.1, -0.05) is 25.5 Å². The number of rotatable bonds is 6. The fraction of sp³-hybridized carbons (Fsp3) is 0.471. The van der Waals surface area contributed by atoms with E-state index in [1.807, 2.05) is 26.0 Å². The molecule has 0 spiro atoms. The van der Waals surface area contributed by atoms with Gasteiger partial charge in [-0.3, -0.25) is 0 Å². The van der Waals surface area contributed by atoms with Crippen molar-refractivity contribution in [1.82, 2.24) is 4.57 Å². The summed E-state index contributed by atoms with van der Waals surface area (Å²) in [4.78, 5) is 11.7. The van der Waals surface area contributed by atoms with E-state index >= 15 is 0 Å². The van der Waals surface area contributed by atoms with E-state index in [0.29, 0.717) is 18.5 Å². The minimum absolute atomic E-state index is 0.108. The molecule has 0 bridgehead atoms. The monoisotopic (exact) mass is 289 g/mol. The summed E-state index contributed by atoms with van der Waals surface area (Å²) >= 11 is 0. The van der Waals surface area contributed by atoms with Crippen LogP contribution < -0.4 is 0 Å². The first-order valence-corrected chi connectivity index (χ1v) is 7.48. The number of hydrogen-bond donors (Lipinski definition) is 2. The lowest BCUT2D eigenvalue weighted by atomic mass is 10.0. The Morgan fingerprint density at radius 2 is 2.00 bits per heavy atom. The minimum atomic E-state index is -0.885. The van der Waals surface area contributed by atoms with Crippen molar-refractivity contribution in [3.63, 3.8) is 0 Å². The summed E-state index contributed by atoms with van der Waals surface area (Å²) in [5.41, 5.74) is 4.31. The van der Waals surface area contributed by atoms with E-state index in [-0.39, 0.29) is 6.61 Å². The number of aromatic carboxylic acids is 1. The maximum Gasteiger partial charge on any atom is 0.338 e. The predicted molar refractivity (Wildman–Crippen MR) is 84.1 cm³/mol. The highest BCUT2D eigenvalue weighted by molar-refractivity contribution is 6.05. The fourth-order valence-corrected chi connectivity index (χ4v) is 3.09. The van der Waals surface area contributed by atoms with Gasteiger partial charge in [-0.15, -0.1) is 0 Å². The number of aliphatic hydroxyl groups excluding tert-OH is 1. The average Bonchev–Trinajstić information content (AvgIpc) is 2.69. The van der Waals surface area contributed by atoms with Gasteiger partial charge in [-0.2, -0.15) is 0 Å². The van der Waals surface area contributed by atoms with E-state index in [4.69, 9.17) is 5.11 Å². The normalized spacial score (nSPS) is 11.2. The standard InChI is InChI=1S/C17H23NO3/c1-4-6-13-12(3)18(9-5-10-19)16-14(13)8-7-11(2)15(16)17(20)21/h7-8,19H,4-6,9-10H2,1-3H3,(H,20,21). The van der Waals surface area contributed by atoms with Crippen LogP contribution in [-0.4, -0.2) is 27.4 Å². The molecule has 2 aromatic rings. The average molecular weight is 289 g/mol. The molecule has 0 saturated carbocycles. The zero-order valence-corrected chi connectivity index (χ0v) is 12.9. The van der Waals surface area contributed by atoms with Gasteiger partial charge < -0.3 is 14.8 Å². The molecular formula is C17H23NO3. The largest absolute Gasteiger partial charge is 0.478 e. The highest BCUT2D eigenvalue weighted by Gasteiger charge is 2.20. The van der Waals surface area contributed by atoms with Crippen molar-refractivity contribution in [2.45, 2.75) is 46.6 Å². The number of aliphatic hydroxyl groups is 1. The molecule has 0 fully saturated rings. The molecule has 0 radical (unpaired) electrons. The molecule has 0 unspecified atom stereocenters. The van der Waals surface area contributed by atoms with Crippen LogP contribution in [0.3, 0.4) is 0 Å². The third kappa shape index (κ3) is 2.68. The van der Waals surface area contributed by atoms with Crippen LogP contribution >= 0.6 is 0 Å². The van der Waals surface area contributed by atoms with Crippen molar-refractivity contribution in [3.8, 4) is 0 Å². The fourth-order valence-electron chi connectivity index (χ4n) is 3.09. The van der Waals surface area contributed by atoms with Crippen LogP contribution in [0.25, 0.3) is 10.9 Å². The van der Waals surface area contributed by atoms with Crippen LogP contribution in [0.1, 0.15) is 46.9 Å². The molecule has 4 nitrogen and oxygen atoms in total. The summed E-state index contributed by atoms with van der Waals surface area (Å²) in [6.07, 6.45) is 2.59. The summed E-state index contributed by atoms with van der Waals surface area (Å²) in [6, 6.07) is 3.92. The molecule has 2 N–H and O–H groups in total. The van der Waals surface area contributed by atoms with E-state index < -0.39 is 5.97 Å². The number of aromatic nitrogens is 1. The molecule has 0 aliphatic heterocycles. The van der Waals surface area contributed by atoms with Crippen molar-refractivity contribution in [2.75, 3.05) is 6.61 Å². The van der Waals surface area contributed by atoms with Gasteiger partial charge in [-0.05, 0) is 37.8 Å². The maximum atomic E-state index is 11.7. The van der Waals surface area contributed by atoms with Crippen LogP contribution in [0.5, 0.6) is 0 Å². The van der Waals surface area contributed by atoms with Crippen LogP contribution in [0.15, 0.2) is 12.1 Å². The number of fused-ring (bicyclic) bond motifs is 1. The van der Waals surface area contributed by atoms with Crippen LogP contribution in [0.4, 0.5) is 0 Å². The first-order valence-electron chi connectivity index (χ1n) is 7.48. The third-order valence-corrected chi connectivity index (χ3v) is 4.08. The first-order chi connectivity index (χ1) is 10.0. The predicted octanol–water partition coefficient (Wildman–Crippen LogP) is 3.29. The van der Waals surface area contributed by atoms with Gasteiger partial charge >= 0.3 is 5.97 Å². The SMILES string of the molecule is CCCc1c(C)n(CCCO)c2c(C(=O)O)c(C)ccc12. The van der Waals surface area contributed by atoms with E-state index in [2.05, 4.69) is 11.5 Å². The first kappa shape index (κ1) is 15.6. The van der Waals surface area contributed by atoms with Gasteiger partial charge in [0.25, 0.3) is 0 Å². The smallest absolute Gasteiger partial charge is 0.338 e. The topological polar surface area (TPSA) is 62.5 Å². The van der Waals surface area contributed by atoms with Crippen molar-refractivity contribution < 1.29 is 15.0 Å². The number of carbonyl (C=O) groups is 1. The Bertz CT molecular complexity index is 670. The number of carboxylic acid groups (broad SMARTS) is 1. The molecule has 0 aliphatic carbocycles. The van der Waals surface area contributed by atoms with E-state index in [1.165, 1.54) is 5.56 Å². The molecule has 0 aliphatic rings. The summed E-state index contributed by atoms with van der Waals surface area (Å²) in [6.45, 7) is 6.76. The zero-order chi connectivity index (χ0) is 15.6. The molecule has 1 aromatic carbocycles. The molecule has 0 atom stereocenters. The molecule has 0 saturated heterocycles. The molecule has 1 aromatic heterocycles. The number of benzene rings is 1. The molecule has 1 heterocycles. The van der Waals surface area contributed by atoms with Gasteiger partial charge in [-0.25, -0.2) is 4.79 Å². The molecule has 2 rings (SSSR count). The van der Waals surface area contributed by atoms with Gasteiger partial charge in [0.2, 0.25) is 0 Å². The Kier molecular flexibility index (Phi) is 4.68. The number of nitrogens with zero attached hydrogens (tertiary/aromatic N) is 1. The molecule has 114 valence electrons. The third-order valence-electron chi connectivity index (χ3n) is 4.08. The van der Waals surface area contributed by atoms with Gasteiger partial charge in [0.05, 0.1) is 11.1 Å². The lowest BCUT2D eigenvalue weighted by Crippen LogP contribution is -2.08. The Morgan fingerprint density at radius 3 is 2.57 bits per heavy atom. The van der Waals surface area contributed by atoms with Crippen LogP contribution in [0, 0.1) is 13.8 Å². The Balaban J connectivity index is 2.81. The van der Waals surface area contributed by atoms with Crippen molar-refractivity contribution in [3.05, 3.63) is 34.5 Å². The van der Waals surface area contributed by atoms with Gasteiger partial charge in [0.1, 0.15) is 0 Å². The number of hydrogen-bond acceptors (Lipinski definition) is 2. The summed E-state index contributed by atoms with van der Waals surface area (Å²) in [5.74, 6) is -0.885. The van der Waals surface area contributed by atoms with Crippen molar-refractivity contribution in [2.24, 2.45) is 0 Å². The Hall–Kier alpha value is -1.81. The second-order valence-electron chi connectivity index (χ2n) is 5.50. The minimum Gasteiger partial charge on any atom is -0.478 e. The number of carboxylic acids is 1. The zero-order valence-electron chi connectivity index (χ0n) is 12.9. The number of aryl methyl sites for hydroxylation is 3. The highest BCUT2D eigenvalue weighted by atomic mass is 16.4. The summed E-state index contributed by atoms with van der Waals surface area (Å²) in [7, 11) is 0. The van der Waals surface area contributed by atoms with E-state index in [1.54, 1.807) is 0 Å². The quantitative estimate of drug-likeness (QED) is 0.857. The van der Waals surface area contributed by atoms with Crippen molar-refractivity contribution >= 4 is 16.9 Å². The van der Waals surface area contributed by atoms with E-state index in [0.717, 1.165) is 35.0 Å². The highest BCUT2D eigenvalue weighted by Crippen LogP contribution is 2.31. The molecule has 0 amide bonds. The van der Waals surface area contributed by atoms with Gasteiger partial charge in [0.15, 0.2) is 0 Å². The summed E-state index contributed by atoms with van der Waals surface area (Å²) < 4.78 is 2.06. The second kappa shape index (κ2) is 6.31. The van der Waals surface area contributed by atoms with Gasteiger partial charge in [0, 0.05) is 24.2 Å². The Labute approximate surface area is 125 Å². The van der Waals surface area contributed by atoms with Crippen LogP contribution in [-0.2, 0) is 13.0 Å². The molecule has 4 heteroatoms. The second-order valence-corrected chi connectivity index (χ2v) is 5.50. The van der Waals surface area contributed by atoms with Crippen molar-refractivity contribution in [1.29, 1.82) is 0 Å². The van der Waals surface area contributed by atoms with E-state index in [9.17, 15) is 9.90 Å². The lowest BCUT2D eigenvalue weighted by Gasteiger charge is -2.10. The van der Waals surface area contributed by atoms with Crippen LogP contribution in [0.2, 0.25) is 0 Å². The Morgan fingerprint density at radius 1 is 1.29 bits per heavy atom. The molecule has 21 heavy (non-hydrogen) atoms. The molecular weight excluding hydrogens is 266 g/mol.